The molecule has 1 radical (unpaired) electrons. The summed E-state index contributed by atoms with van der Waals surface area (Å²) in [5.41, 5.74) is 5.11. The number of hydrogen-bond donors (Lipinski definition) is 3. The van der Waals surface area contributed by atoms with Crippen LogP contribution in [0.5, 0.6) is 5.75 Å². The van der Waals surface area contributed by atoms with Crippen LogP contribution in [0.15, 0.2) is 24.3 Å². The van der Waals surface area contributed by atoms with E-state index in [1.54, 1.807) is 18.2 Å². The molecule has 0 amide bonds. The molecule has 6 nitrogen and oxygen atoms in total. The summed E-state index contributed by atoms with van der Waals surface area (Å²) < 4.78 is 27.3. The Balaban J connectivity index is 0. The minimum atomic E-state index is -3.80. The molecule has 0 unspecified atom stereocenters. The Labute approximate surface area is 110 Å². The maximum Gasteiger partial charge on any atom is 0.266 e. The molecule has 0 aromatic heterocycles. The van der Waals surface area contributed by atoms with Crippen LogP contribution in [0.1, 0.15) is 10.4 Å². The number of phenolic OH excluding ortho intramolecular Hbond substituents is 1. The third-order valence-corrected chi connectivity index (χ3v) is 2.19. The second-order valence-electron chi connectivity index (χ2n) is 2.75. The fourth-order valence-corrected chi connectivity index (χ4v) is 1.03. The second-order valence-corrected chi connectivity index (χ2v) is 4.32. The number of hydrogen-bond acceptors (Lipinski definition) is 5. The van der Waals surface area contributed by atoms with E-state index in [2.05, 4.69) is 0 Å². The first-order valence-electron chi connectivity index (χ1n) is 4.29. The molecule has 0 aliphatic heterocycles. The van der Waals surface area contributed by atoms with Gasteiger partial charge in [0.25, 0.3) is 10.1 Å². The van der Waals surface area contributed by atoms with E-state index in [9.17, 15) is 13.2 Å². The summed E-state index contributed by atoms with van der Waals surface area (Å²) in [5.74, 6) is -0.319. The van der Waals surface area contributed by atoms with Gasteiger partial charge in [0.15, 0.2) is 6.29 Å². The van der Waals surface area contributed by atoms with Crippen LogP contribution in [0.25, 0.3) is 0 Å². The van der Waals surface area contributed by atoms with Crippen LogP contribution in [-0.4, -0.2) is 36.7 Å². The van der Waals surface area contributed by atoms with E-state index in [0.29, 0.717) is 11.8 Å². The third-order valence-electron chi connectivity index (χ3n) is 1.44. The van der Waals surface area contributed by atoms with Crippen molar-refractivity contribution in [2.45, 2.75) is 0 Å². The number of carbonyl (C=O) groups excluding carboxylic acids is 1. The molecule has 0 aliphatic rings. The molecule has 1 aromatic rings. The predicted molar refractivity (Wildman–Crippen MR) is 59.0 cm³/mol. The fraction of sp³-hybridized carbons (Fsp3) is 0.222. The summed E-state index contributed by atoms with van der Waals surface area (Å²) in [5, 5.41) is 8.88. The quantitative estimate of drug-likeness (QED) is 0.412. The van der Waals surface area contributed by atoms with Crippen LogP contribution in [0.4, 0.5) is 0 Å². The average molecular weight is 302 g/mol. The van der Waals surface area contributed by atoms with Gasteiger partial charge < -0.3 is 10.8 Å². The summed E-state index contributed by atoms with van der Waals surface area (Å²) >= 11 is 0. The van der Waals surface area contributed by atoms with E-state index in [4.69, 9.17) is 15.4 Å². The van der Waals surface area contributed by atoms with Crippen molar-refractivity contribution in [3.63, 3.8) is 0 Å². The first kappa shape index (κ1) is 18.4. The molecular weight excluding hydrogens is 289 g/mol. The van der Waals surface area contributed by atoms with E-state index >= 15 is 0 Å². The monoisotopic (exact) mass is 302 g/mol. The summed E-state index contributed by atoms with van der Waals surface area (Å²) in [7, 11) is -3.80. The predicted octanol–water partition coefficient (Wildman–Crippen LogP) is 0.0351. The van der Waals surface area contributed by atoms with Gasteiger partial charge in [-0.2, -0.15) is 8.42 Å². The Kier molecular flexibility index (Phi) is 9.92. The van der Waals surface area contributed by atoms with Crippen LogP contribution in [0, 0.1) is 0 Å². The first-order chi connectivity index (χ1) is 7.40. The van der Waals surface area contributed by atoms with Crippen LogP contribution < -0.4 is 5.73 Å². The van der Waals surface area contributed by atoms with E-state index < -0.39 is 10.1 Å². The van der Waals surface area contributed by atoms with Gasteiger partial charge in [0.05, 0.1) is 11.3 Å². The van der Waals surface area contributed by atoms with Gasteiger partial charge in [-0.15, -0.1) is 0 Å². The van der Waals surface area contributed by atoms with Crippen molar-refractivity contribution in [3.05, 3.63) is 29.8 Å². The standard InChI is InChI=1S/C7H6O2.C2H7NO3S.Mn/c8-5-6-3-1-2-4-7(6)9;3-1-2-7(4,5)6;/h1-5,9H;1-3H2,(H,4,5,6);. The molecular formula is C9H13MnNO5S. The van der Waals surface area contributed by atoms with Crippen molar-refractivity contribution in [2.75, 3.05) is 12.3 Å². The van der Waals surface area contributed by atoms with Gasteiger partial charge in [0.1, 0.15) is 5.75 Å². The topological polar surface area (TPSA) is 118 Å². The van der Waals surface area contributed by atoms with Crippen LogP contribution >= 0.6 is 0 Å². The van der Waals surface area contributed by atoms with E-state index in [1.807, 2.05) is 0 Å². The number of benzene rings is 1. The number of aromatic hydroxyl groups is 1. The molecule has 0 atom stereocenters. The molecule has 0 saturated heterocycles. The van der Waals surface area contributed by atoms with Gasteiger partial charge in [-0.25, -0.2) is 0 Å². The Hall–Kier alpha value is -0.921. The van der Waals surface area contributed by atoms with Crippen molar-refractivity contribution in [3.8, 4) is 5.75 Å². The van der Waals surface area contributed by atoms with E-state index in [1.165, 1.54) is 6.07 Å². The molecule has 0 bridgehead atoms. The molecule has 1 rings (SSSR count). The summed E-state index contributed by atoms with van der Waals surface area (Å²) in [6.45, 7) is -0.0289. The Morgan fingerprint density at radius 2 is 1.82 bits per heavy atom. The smallest absolute Gasteiger partial charge is 0.266 e. The Morgan fingerprint density at radius 3 is 2.06 bits per heavy atom. The van der Waals surface area contributed by atoms with E-state index in [0.717, 1.165) is 0 Å². The Bertz CT molecular complexity index is 435. The maximum absolute atomic E-state index is 10.1. The SMILES string of the molecule is NCCS(=O)(=O)O.O=Cc1ccccc1O.[Mn]. The minimum absolute atomic E-state index is 0. The second kappa shape index (κ2) is 9.15. The number of aldehydes is 1. The molecule has 0 heterocycles. The van der Waals surface area contributed by atoms with Gasteiger partial charge in [-0.05, 0) is 12.1 Å². The van der Waals surface area contributed by atoms with Gasteiger partial charge in [-0.3, -0.25) is 9.35 Å². The van der Waals surface area contributed by atoms with Crippen LogP contribution in [0.2, 0.25) is 0 Å². The van der Waals surface area contributed by atoms with Crippen molar-refractivity contribution >= 4 is 16.4 Å². The number of rotatable bonds is 3. The molecule has 8 heteroatoms. The molecule has 1 aromatic carbocycles. The van der Waals surface area contributed by atoms with Crippen molar-refractivity contribution in [1.29, 1.82) is 0 Å². The molecule has 0 aliphatic carbocycles. The van der Waals surface area contributed by atoms with Gasteiger partial charge in [-0.1, -0.05) is 12.1 Å². The zero-order valence-electron chi connectivity index (χ0n) is 8.78. The minimum Gasteiger partial charge on any atom is -0.507 e. The zero-order chi connectivity index (χ0) is 12.6. The average Bonchev–Trinajstić information content (AvgIpc) is 2.17. The molecule has 0 spiro atoms. The maximum atomic E-state index is 10.1. The molecule has 0 saturated carbocycles. The zero-order valence-corrected chi connectivity index (χ0v) is 10.8. The van der Waals surface area contributed by atoms with Gasteiger partial charge in [0.2, 0.25) is 0 Å². The summed E-state index contributed by atoms with van der Waals surface area (Å²) in [4.78, 5) is 10.1. The number of phenols is 1. The molecule has 97 valence electrons. The van der Waals surface area contributed by atoms with Gasteiger partial charge in [0, 0.05) is 23.6 Å². The van der Waals surface area contributed by atoms with Crippen molar-refractivity contribution in [1.82, 2.24) is 0 Å². The van der Waals surface area contributed by atoms with Crippen LogP contribution in [0.3, 0.4) is 0 Å². The number of nitrogens with two attached hydrogens (primary N) is 1. The largest absolute Gasteiger partial charge is 0.507 e. The van der Waals surface area contributed by atoms with Crippen LogP contribution in [-0.2, 0) is 27.2 Å². The third kappa shape index (κ3) is 9.98. The summed E-state index contributed by atoms with van der Waals surface area (Å²) in [6, 6.07) is 6.40. The summed E-state index contributed by atoms with van der Waals surface area (Å²) in [6.07, 6.45) is 0.620. The van der Waals surface area contributed by atoms with Crippen molar-refractivity contribution in [2.24, 2.45) is 5.73 Å². The Morgan fingerprint density at radius 1 is 1.29 bits per heavy atom. The number of para-hydroxylation sites is 1. The van der Waals surface area contributed by atoms with Gasteiger partial charge >= 0.3 is 0 Å². The molecule has 0 fully saturated rings. The first-order valence-corrected chi connectivity index (χ1v) is 5.90. The van der Waals surface area contributed by atoms with Crippen molar-refractivity contribution < 1.29 is 39.9 Å². The number of carbonyl (C=O) groups is 1. The molecule has 17 heavy (non-hydrogen) atoms. The normalized spacial score (nSPS) is 9.53. The fourth-order valence-electron chi connectivity index (χ4n) is 0.736. The molecule has 4 N–H and O–H groups in total. The van der Waals surface area contributed by atoms with E-state index in [-0.39, 0.29) is 35.1 Å².